The number of hydrogen-bond acceptors (Lipinski definition) is 5. The minimum atomic E-state index is -1.13. The zero-order valence-electron chi connectivity index (χ0n) is 9.47. The molecule has 1 fully saturated rings. The van der Waals surface area contributed by atoms with E-state index in [1.54, 1.807) is 11.8 Å². The fraction of sp³-hybridized carbons (Fsp3) is 0.800. The van der Waals surface area contributed by atoms with Gasteiger partial charge in [-0.15, -0.1) is 0 Å². The average molecular weight is 262 g/mol. The number of carboxylic acids is 1. The Kier molecular flexibility index (Phi) is 5.48. The van der Waals surface area contributed by atoms with Crippen LogP contribution >= 0.6 is 23.5 Å². The highest BCUT2D eigenvalue weighted by Gasteiger charge is 2.37. The van der Waals surface area contributed by atoms with Gasteiger partial charge >= 0.3 is 0 Å². The van der Waals surface area contributed by atoms with E-state index in [1.165, 1.54) is 16.7 Å². The summed E-state index contributed by atoms with van der Waals surface area (Å²) in [6.07, 6.45) is 2.58. The highest BCUT2D eigenvalue weighted by molar-refractivity contribution is 8.00. The van der Waals surface area contributed by atoms with Gasteiger partial charge in [0.15, 0.2) is 0 Å². The Morgan fingerprint density at radius 2 is 2.19 bits per heavy atom. The Hall–Kier alpha value is -0.360. The predicted molar refractivity (Wildman–Crippen MR) is 65.4 cm³/mol. The first-order valence-corrected chi connectivity index (χ1v) is 7.67. The van der Waals surface area contributed by atoms with Crippen molar-refractivity contribution in [3.05, 3.63) is 0 Å². The summed E-state index contributed by atoms with van der Waals surface area (Å²) in [5, 5.41) is 11.1. The maximum Gasteiger partial charge on any atom is 0.233 e. The fourth-order valence-electron chi connectivity index (χ4n) is 1.92. The monoisotopic (exact) mass is 262 g/mol. The van der Waals surface area contributed by atoms with Gasteiger partial charge in [0.2, 0.25) is 5.91 Å². The van der Waals surface area contributed by atoms with Crippen LogP contribution in [0.4, 0.5) is 0 Å². The van der Waals surface area contributed by atoms with E-state index in [0.717, 1.165) is 12.2 Å². The lowest BCUT2D eigenvalue weighted by atomic mass is 10.2. The van der Waals surface area contributed by atoms with Crippen molar-refractivity contribution in [2.45, 2.75) is 24.6 Å². The maximum atomic E-state index is 11.7. The molecule has 1 amide bonds. The van der Waals surface area contributed by atoms with Crippen molar-refractivity contribution < 1.29 is 14.7 Å². The van der Waals surface area contributed by atoms with Crippen LogP contribution < -0.4 is 5.11 Å². The summed E-state index contributed by atoms with van der Waals surface area (Å²) in [7, 11) is 0. The van der Waals surface area contributed by atoms with Gasteiger partial charge in [-0.1, -0.05) is 6.92 Å². The number of carbonyl (C=O) groups is 2. The number of hydrogen-bond donors (Lipinski definition) is 0. The molecule has 1 rings (SSSR count). The molecule has 1 aliphatic heterocycles. The third-order valence-corrected chi connectivity index (χ3v) is 4.34. The molecule has 0 saturated carbocycles. The van der Waals surface area contributed by atoms with Gasteiger partial charge in [0, 0.05) is 11.8 Å². The van der Waals surface area contributed by atoms with Crippen LogP contribution in [-0.4, -0.2) is 52.4 Å². The largest absolute Gasteiger partial charge is 0.548 e. The molecule has 16 heavy (non-hydrogen) atoms. The summed E-state index contributed by atoms with van der Waals surface area (Å²) in [4.78, 5) is 24.3. The van der Waals surface area contributed by atoms with Gasteiger partial charge in [0.1, 0.15) is 0 Å². The lowest BCUT2D eigenvalue weighted by molar-refractivity contribution is -0.310. The maximum absolute atomic E-state index is 11.7. The van der Waals surface area contributed by atoms with Crippen molar-refractivity contribution in [3.8, 4) is 0 Å². The lowest BCUT2D eigenvalue weighted by Crippen LogP contribution is -2.51. The van der Waals surface area contributed by atoms with Crippen LogP contribution in [0.3, 0.4) is 0 Å². The number of amides is 1. The molecule has 0 aromatic rings. The van der Waals surface area contributed by atoms with Crippen molar-refractivity contribution >= 4 is 35.4 Å². The Morgan fingerprint density at radius 1 is 1.50 bits per heavy atom. The minimum Gasteiger partial charge on any atom is -0.548 e. The van der Waals surface area contributed by atoms with Crippen LogP contribution in [0.15, 0.2) is 0 Å². The van der Waals surface area contributed by atoms with Gasteiger partial charge in [-0.3, -0.25) is 4.79 Å². The Bertz CT molecular complexity index is 273. The summed E-state index contributed by atoms with van der Waals surface area (Å²) in [6.45, 7) is 2.53. The molecule has 0 N–H and O–H groups in total. The first kappa shape index (κ1) is 13.7. The smallest absolute Gasteiger partial charge is 0.233 e. The van der Waals surface area contributed by atoms with Crippen molar-refractivity contribution in [2.75, 3.05) is 24.3 Å². The number of carbonyl (C=O) groups excluding carboxylic acids is 2. The van der Waals surface area contributed by atoms with Crippen molar-refractivity contribution in [2.24, 2.45) is 0 Å². The van der Waals surface area contributed by atoms with E-state index in [9.17, 15) is 14.7 Å². The second-order valence-electron chi connectivity index (χ2n) is 3.57. The molecule has 92 valence electrons. The molecule has 0 bridgehead atoms. The second-order valence-corrected chi connectivity index (χ2v) is 5.95. The molecule has 0 aliphatic carbocycles. The lowest BCUT2D eigenvalue weighted by Gasteiger charge is -2.28. The highest BCUT2D eigenvalue weighted by Crippen LogP contribution is 2.29. The average Bonchev–Trinajstić information content (AvgIpc) is 2.62. The van der Waals surface area contributed by atoms with E-state index in [2.05, 4.69) is 0 Å². The molecule has 0 unspecified atom stereocenters. The number of likely N-dealkylation sites (tertiary alicyclic amines) is 1. The molecule has 1 heterocycles. The third-order valence-electron chi connectivity index (χ3n) is 2.55. The molecule has 0 spiro atoms. The van der Waals surface area contributed by atoms with Gasteiger partial charge < -0.3 is 14.8 Å². The summed E-state index contributed by atoms with van der Waals surface area (Å²) in [6, 6.07) is -0.746. The highest BCUT2D eigenvalue weighted by atomic mass is 32.2. The number of thioether (sulfide) groups is 2. The first-order valence-electron chi connectivity index (χ1n) is 5.22. The van der Waals surface area contributed by atoms with Crippen LogP contribution in [0.2, 0.25) is 0 Å². The summed E-state index contributed by atoms with van der Waals surface area (Å²) >= 11 is 3.01. The molecule has 0 radical (unpaired) electrons. The van der Waals surface area contributed by atoms with Crippen molar-refractivity contribution in [1.82, 2.24) is 4.90 Å². The van der Waals surface area contributed by atoms with Crippen LogP contribution in [0.25, 0.3) is 0 Å². The SMILES string of the molecule is CCS[C@H]1CCN(C(=O)CSC)[C@@H]1C(=O)[O-]. The van der Waals surface area contributed by atoms with Crippen LogP contribution in [0.1, 0.15) is 13.3 Å². The number of aliphatic carboxylic acids is 1. The number of rotatable bonds is 5. The van der Waals surface area contributed by atoms with Crippen molar-refractivity contribution in [1.29, 1.82) is 0 Å². The molecule has 2 atom stereocenters. The zero-order chi connectivity index (χ0) is 12.1. The molecule has 6 heteroatoms. The van der Waals surface area contributed by atoms with E-state index >= 15 is 0 Å². The van der Waals surface area contributed by atoms with E-state index in [-0.39, 0.29) is 11.2 Å². The van der Waals surface area contributed by atoms with E-state index in [1.807, 2.05) is 13.2 Å². The van der Waals surface area contributed by atoms with E-state index in [4.69, 9.17) is 0 Å². The van der Waals surface area contributed by atoms with Crippen LogP contribution in [0.5, 0.6) is 0 Å². The fourth-order valence-corrected chi connectivity index (χ4v) is 3.47. The van der Waals surface area contributed by atoms with Gasteiger partial charge in [0.05, 0.1) is 17.8 Å². The first-order chi connectivity index (χ1) is 7.61. The molecule has 0 aromatic carbocycles. The summed E-state index contributed by atoms with van der Waals surface area (Å²) < 4.78 is 0. The van der Waals surface area contributed by atoms with E-state index in [0.29, 0.717) is 12.3 Å². The molecule has 1 aliphatic rings. The molecule has 4 nitrogen and oxygen atoms in total. The van der Waals surface area contributed by atoms with Gasteiger partial charge in [-0.05, 0) is 18.4 Å². The second kappa shape index (κ2) is 6.39. The van der Waals surface area contributed by atoms with Gasteiger partial charge in [-0.25, -0.2) is 0 Å². The molecule has 1 saturated heterocycles. The topological polar surface area (TPSA) is 60.4 Å². The normalized spacial score (nSPS) is 24.8. The summed E-state index contributed by atoms with van der Waals surface area (Å²) in [5.74, 6) is -0.0226. The minimum absolute atomic E-state index is 0.0131. The third kappa shape index (κ3) is 3.07. The standard InChI is InChI=1S/C10H17NO3S2/c1-3-16-7-4-5-11(8(12)6-15-2)9(7)10(13)14/h7,9H,3-6H2,1-2H3,(H,13,14)/p-1/t7-,9-/m0/s1. The predicted octanol–water partition coefficient (Wildman–Crippen LogP) is -0.178. The van der Waals surface area contributed by atoms with Crippen molar-refractivity contribution in [3.63, 3.8) is 0 Å². The number of carboxylic acid groups (broad SMARTS) is 1. The van der Waals surface area contributed by atoms with E-state index < -0.39 is 12.0 Å². The zero-order valence-corrected chi connectivity index (χ0v) is 11.1. The van der Waals surface area contributed by atoms with Gasteiger partial charge in [0.25, 0.3) is 0 Å². The quantitative estimate of drug-likeness (QED) is 0.688. The van der Waals surface area contributed by atoms with Crippen LogP contribution in [0, 0.1) is 0 Å². The Labute approximate surface area is 104 Å². The Morgan fingerprint density at radius 3 is 2.69 bits per heavy atom. The molecular formula is C10H16NO3S2-. The Balaban J connectivity index is 2.71. The van der Waals surface area contributed by atoms with Crippen LogP contribution in [-0.2, 0) is 9.59 Å². The molecule has 0 aromatic heterocycles. The molecular weight excluding hydrogens is 246 g/mol. The number of nitrogens with zero attached hydrogens (tertiary/aromatic N) is 1. The summed E-state index contributed by atoms with van der Waals surface area (Å²) in [5.41, 5.74) is 0. The van der Waals surface area contributed by atoms with Gasteiger partial charge in [-0.2, -0.15) is 23.5 Å².